The van der Waals surface area contributed by atoms with E-state index in [1.807, 2.05) is 0 Å². The third kappa shape index (κ3) is 2.74. The molecule has 1 aliphatic rings. The molecule has 1 nitrogen and oxygen atoms in total. The highest BCUT2D eigenvalue weighted by atomic mass is 32.1. The predicted molar refractivity (Wildman–Crippen MR) is 74.4 cm³/mol. The van der Waals surface area contributed by atoms with Crippen LogP contribution in [0.25, 0.3) is 0 Å². The van der Waals surface area contributed by atoms with E-state index in [2.05, 4.69) is 32.9 Å². The minimum Gasteiger partial charge on any atom is -0.387 e. The first-order chi connectivity index (χ1) is 8.04. The number of aliphatic hydroxyl groups is 1. The van der Waals surface area contributed by atoms with Gasteiger partial charge >= 0.3 is 0 Å². The Labute approximate surface area is 109 Å². The Morgan fingerprint density at radius 2 is 2.18 bits per heavy atom. The molecule has 96 valence electrons. The second-order valence-corrected chi connectivity index (χ2v) is 7.14. The lowest BCUT2D eigenvalue weighted by atomic mass is 9.66. The fraction of sp³-hybridized carbons (Fsp3) is 0.733. The van der Waals surface area contributed by atoms with Crippen molar-refractivity contribution in [1.29, 1.82) is 0 Å². The molecular formula is C15H24OS. The smallest absolute Gasteiger partial charge is 0.0915 e. The summed E-state index contributed by atoms with van der Waals surface area (Å²) in [4.78, 5) is 2.55. The van der Waals surface area contributed by atoms with Gasteiger partial charge in [0.05, 0.1) is 6.10 Å². The van der Waals surface area contributed by atoms with E-state index in [0.717, 1.165) is 6.42 Å². The van der Waals surface area contributed by atoms with Crippen molar-refractivity contribution in [2.45, 2.75) is 59.0 Å². The van der Waals surface area contributed by atoms with Crippen molar-refractivity contribution in [3.05, 3.63) is 21.9 Å². The van der Waals surface area contributed by atoms with Crippen LogP contribution in [0.3, 0.4) is 0 Å². The number of thiophene rings is 1. The van der Waals surface area contributed by atoms with Gasteiger partial charge in [0.25, 0.3) is 0 Å². The summed E-state index contributed by atoms with van der Waals surface area (Å²) in [5, 5.41) is 10.6. The van der Waals surface area contributed by atoms with Gasteiger partial charge < -0.3 is 5.11 Å². The number of aliphatic hydroxyl groups excluding tert-OH is 1. The van der Waals surface area contributed by atoms with Crippen molar-refractivity contribution >= 4 is 11.3 Å². The first-order valence-electron chi connectivity index (χ1n) is 6.81. The van der Waals surface area contributed by atoms with Gasteiger partial charge in [0.2, 0.25) is 0 Å². The summed E-state index contributed by atoms with van der Waals surface area (Å²) in [6, 6.07) is 4.29. The molecule has 2 unspecified atom stereocenters. The highest BCUT2D eigenvalue weighted by molar-refractivity contribution is 7.12. The summed E-state index contributed by atoms with van der Waals surface area (Å²) in [5.74, 6) is 0.430. The standard InChI is InChI=1S/C15H24OS/c1-4-11-8-9-13(17-11)14(16)12-7-5-6-10-15(12,2)3/h8-9,12,14,16H,4-7,10H2,1-3H3. The van der Waals surface area contributed by atoms with Crippen molar-refractivity contribution in [1.82, 2.24) is 0 Å². The Morgan fingerprint density at radius 1 is 1.41 bits per heavy atom. The second kappa shape index (κ2) is 5.11. The Bertz CT molecular complexity index is 367. The second-order valence-electron chi connectivity index (χ2n) is 5.94. The van der Waals surface area contributed by atoms with Crippen LogP contribution in [0.1, 0.15) is 62.3 Å². The van der Waals surface area contributed by atoms with E-state index in [4.69, 9.17) is 0 Å². The Morgan fingerprint density at radius 3 is 2.76 bits per heavy atom. The Kier molecular flexibility index (Phi) is 3.94. The van der Waals surface area contributed by atoms with E-state index in [0.29, 0.717) is 5.92 Å². The highest BCUT2D eigenvalue weighted by Gasteiger charge is 2.37. The molecule has 0 aromatic carbocycles. The molecule has 17 heavy (non-hydrogen) atoms. The third-order valence-corrected chi connectivity index (χ3v) is 5.59. The van der Waals surface area contributed by atoms with Crippen LogP contribution in [0, 0.1) is 11.3 Å². The summed E-state index contributed by atoms with van der Waals surface area (Å²) < 4.78 is 0. The normalized spacial score (nSPS) is 25.8. The molecule has 0 spiro atoms. The zero-order valence-electron chi connectivity index (χ0n) is 11.2. The van der Waals surface area contributed by atoms with Gasteiger partial charge in [-0.05, 0) is 42.7 Å². The van der Waals surface area contributed by atoms with Crippen molar-refractivity contribution in [2.24, 2.45) is 11.3 Å². The maximum absolute atomic E-state index is 10.6. The molecule has 1 fully saturated rings. The van der Waals surface area contributed by atoms with Crippen LogP contribution >= 0.6 is 11.3 Å². The highest BCUT2D eigenvalue weighted by Crippen LogP contribution is 2.47. The van der Waals surface area contributed by atoms with Gasteiger partial charge in [0.1, 0.15) is 0 Å². The lowest BCUT2D eigenvalue weighted by Crippen LogP contribution is -2.32. The molecule has 0 saturated heterocycles. The number of rotatable bonds is 3. The monoisotopic (exact) mass is 252 g/mol. The molecule has 2 rings (SSSR count). The minimum absolute atomic E-state index is 0.254. The van der Waals surface area contributed by atoms with Crippen LogP contribution in [0.4, 0.5) is 0 Å². The van der Waals surface area contributed by atoms with E-state index >= 15 is 0 Å². The molecule has 1 aromatic heterocycles. The average Bonchev–Trinajstić information content (AvgIpc) is 2.76. The van der Waals surface area contributed by atoms with E-state index < -0.39 is 0 Å². The quantitative estimate of drug-likeness (QED) is 0.836. The fourth-order valence-corrected chi connectivity index (χ4v) is 4.05. The molecule has 0 amide bonds. The van der Waals surface area contributed by atoms with Crippen LogP contribution in [-0.2, 0) is 6.42 Å². The van der Waals surface area contributed by atoms with Gasteiger partial charge in [-0.2, -0.15) is 0 Å². The molecular weight excluding hydrogens is 228 g/mol. The topological polar surface area (TPSA) is 20.2 Å². The third-order valence-electron chi connectivity index (χ3n) is 4.29. The van der Waals surface area contributed by atoms with E-state index in [9.17, 15) is 5.11 Å². The maximum atomic E-state index is 10.6. The zero-order valence-corrected chi connectivity index (χ0v) is 12.0. The summed E-state index contributed by atoms with van der Waals surface area (Å²) in [6.45, 7) is 6.80. The van der Waals surface area contributed by atoms with Crippen LogP contribution < -0.4 is 0 Å². The minimum atomic E-state index is -0.254. The number of hydrogen-bond donors (Lipinski definition) is 1. The molecule has 0 aliphatic heterocycles. The Balaban J connectivity index is 2.15. The molecule has 2 heteroatoms. The summed E-state index contributed by atoms with van der Waals surface area (Å²) in [6.07, 6.45) is 5.84. The van der Waals surface area contributed by atoms with Gasteiger partial charge in [-0.15, -0.1) is 11.3 Å². The average molecular weight is 252 g/mol. The molecule has 1 aromatic rings. The van der Waals surface area contributed by atoms with E-state index in [1.165, 1.54) is 35.4 Å². The first kappa shape index (κ1) is 13.1. The van der Waals surface area contributed by atoms with Gasteiger partial charge in [0, 0.05) is 9.75 Å². The molecule has 1 N–H and O–H groups in total. The predicted octanol–water partition coefficient (Wildman–Crippen LogP) is 4.56. The lowest BCUT2D eigenvalue weighted by Gasteiger charge is -2.41. The molecule has 2 atom stereocenters. The molecule has 1 aliphatic carbocycles. The van der Waals surface area contributed by atoms with Crippen LogP contribution in [0.2, 0.25) is 0 Å². The van der Waals surface area contributed by atoms with Gasteiger partial charge in [-0.25, -0.2) is 0 Å². The van der Waals surface area contributed by atoms with Crippen molar-refractivity contribution in [3.63, 3.8) is 0 Å². The van der Waals surface area contributed by atoms with Crippen molar-refractivity contribution in [2.75, 3.05) is 0 Å². The summed E-state index contributed by atoms with van der Waals surface area (Å²) in [5.41, 5.74) is 0.286. The molecule has 1 heterocycles. The van der Waals surface area contributed by atoms with E-state index in [1.54, 1.807) is 11.3 Å². The Hall–Kier alpha value is -0.340. The van der Waals surface area contributed by atoms with Gasteiger partial charge in [0.15, 0.2) is 0 Å². The van der Waals surface area contributed by atoms with Crippen LogP contribution in [-0.4, -0.2) is 5.11 Å². The summed E-state index contributed by atoms with van der Waals surface area (Å²) in [7, 11) is 0. The van der Waals surface area contributed by atoms with Crippen LogP contribution in [0.15, 0.2) is 12.1 Å². The number of aryl methyl sites for hydroxylation is 1. The largest absolute Gasteiger partial charge is 0.387 e. The molecule has 0 radical (unpaired) electrons. The molecule has 0 bridgehead atoms. The fourth-order valence-electron chi connectivity index (χ4n) is 3.05. The van der Waals surface area contributed by atoms with Gasteiger partial charge in [-0.1, -0.05) is 33.6 Å². The van der Waals surface area contributed by atoms with Gasteiger partial charge in [-0.3, -0.25) is 0 Å². The maximum Gasteiger partial charge on any atom is 0.0915 e. The summed E-state index contributed by atoms with van der Waals surface area (Å²) >= 11 is 1.79. The van der Waals surface area contributed by atoms with Crippen molar-refractivity contribution in [3.8, 4) is 0 Å². The zero-order chi connectivity index (χ0) is 12.5. The molecule has 1 saturated carbocycles. The lowest BCUT2D eigenvalue weighted by molar-refractivity contribution is 0.00589. The number of hydrogen-bond acceptors (Lipinski definition) is 2. The van der Waals surface area contributed by atoms with Crippen molar-refractivity contribution < 1.29 is 5.11 Å². The SMILES string of the molecule is CCc1ccc(C(O)C2CCCCC2(C)C)s1. The first-order valence-corrected chi connectivity index (χ1v) is 7.63. The van der Waals surface area contributed by atoms with E-state index in [-0.39, 0.29) is 11.5 Å². The van der Waals surface area contributed by atoms with Crippen LogP contribution in [0.5, 0.6) is 0 Å².